The number of carbonyl (C=O) groups is 1. The van der Waals surface area contributed by atoms with Crippen LogP contribution >= 0.6 is 0 Å². The molecule has 0 radical (unpaired) electrons. The fraction of sp³-hybridized carbons (Fsp3) is 0.292. The van der Waals surface area contributed by atoms with E-state index in [0.717, 1.165) is 28.7 Å². The zero-order chi connectivity index (χ0) is 23.4. The summed E-state index contributed by atoms with van der Waals surface area (Å²) in [6.45, 7) is 5.33. The number of H-pyrrole nitrogens is 2. The number of esters is 1. The number of aromatic nitrogens is 6. The maximum Gasteiger partial charge on any atom is 0.359 e. The lowest BCUT2D eigenvalue weighted by molar-refractivity contribution is 0.0428. The molecule has 0 saturated carbocycles. The van der Waals surface area contributed by atoms with Crippen LogP contribution in [0.3, 0.4) is 0 Å². The lowest BCUT2D eigenvalue weighted by Gasteiger charge is -2.16. The number of rotatable bonds is 8. The first-order chi connectivity index (χ1) is 15.9. The topological polar surface area (TPSA) is 130 Å². The van der Waals surface area contributed by atoms with Gasteiger partial charge in [0, 0.05) is 12.0 Å². The number of hydrogen-bond donors (Lipinski definition) is 3. The third-order valence-corrected chi connectivity index (χ3v) is 5.19. The second kappa shape index (κ2) is 9.33. The molecule has 0 saturated heterocycles. The van der Waals surface area contributed by atoms with Crippen LogP contribution in [0, 0.1) is 0 Å². The average Bonchev–Trinajstić information content (AvgIpc) is 3.48. The van der Waals surface area contributed by atoms with E-state index in [1.54, 1.807) is 13.8 Å². The summed E-state index contributed by atoms with van der Waals surface area (Å²) in [5.74, 6) is 0.608. The fourth-order valence-corrected chi connectivity index (χ4v) is 3.57. The average molecular weight is 447 g/mol. The first kappa shape index (κ1) is 22.3. The van der Waals surface area contributed by atoms with Crippen molar-refractivity contribution in [1.29, 1.82) is 0 Å². The molecule has 0 unspecified atom stereocenters. The third kappa shape index (κ3) is 4.98. The summed E-state index contributed by atoms with van der Waals surface area (Å²) >= 11 is 0. The molecule has 3 N–H and O–H groups in total. The molecule has 4 aromatic rings. The van der Waals surface area contributed by atoms with Gasteiger partial charge in [0.25, 0.3) is 0 Å². The summed E-state index contributed by atoms with van der Waals surface area (Å²) in [6, 6.07) is 15.5. The van der Waals surface area contributed by atoms with E-state index in [0.29, 0.717) is 23.8 Å². The van der Waals surface area contributed by atoms with E-state index in [9.17, 15) is 9.90 Å². The van der Waals surface area contributed by atoms with Crippen LogP contribution in [0.5, 0.6) is 0 Å². The first-order valence-corrected chi connectivity index (χ1v) is 10.8. The number of aryl methyl sites for hydroxylation is 1. The maximum absolute atomic E-state index is 12.7. The Morgan fingerprint density at radius 2 is 1.82 bits per heavy atom. The molecule has 0 aliphatic heterocycles. The number of nitrogens with zero attached hydrogens (tertiary/aromatic N) is 4. The highest BCUT2D eigenvalue weighted by Crippen LogP contribution is 2.30. The Bertz CT molecular complexity index is 1220. The van der Waals surface area contributed by atoms with Crippen molar-refractivity contribution >= 4 is 5.97 Å². The minimum absolute atomic E-state index is 0.0901. The quantitative estimate of drug-likeness (QED) is 0.351. The summed E-state index contributed by atoms with van der Waals surface area (Å²) < 4.78 is 5.50. The minimum atomic E-state index is -1.24. The molecule has 0 amide bonds. The lowest BCUT2D eigenvalue weighted by atomic mass is 9.98. The number of nitrogens with one attached hydrogen (secondary N) is 2. The van der Waals surface area contributed by atoms with Gasteiger partial charge in [-0.1, -0.05) is 55.5 Å². The van der Waals surface area contributed by atoms with Crippen LogP contribution in [-0.4, -0.2) is 41.7 Å². The van der Waals surface area contributed by atoms with Crippen LogP contribution in [0.4, 0.5) is 0 Å². The van der Waals surface area contributed by atoms with Crippen molar-refractivity contribution < 1.29 is 14.6 Å². The minimum Gasteiger partial charge on any atom is -0.456 e. The van der Waals surface area contributed by atoms with E-state index in [1.165, 1.54) is 0 Å². The Kier molecular flexibility index (Phi) is 6.32. The molecule has 2 aromatic heterocycles. The molecule has 0 atom stereocenters. The Morgan fingerprint density at radius 3 is 2.45 bits per heavy atom. The van der Waals surface area contributed by atoms with Crippen molar-refractivity contribution in [3.05, 3.63) is 71.3 Å². The van der Waals surface area contributed by atoms with E-state index in [-0.39, 0.29) is 12.3 Å². The van der Waals surface area contributed by atoms with E-state index in [4.69, 9.17) is 4.74 Å². The van der Waals surface area contributed by atoms with Gasteiger partial charge in [0.05, 0.1) is 5.69 Å². The summed E-state index contributed by atoms with van der Waals surface area (Å²) in [4.78, 5) is 20.2. The molecular weight excluding hydrogens is 420 g/mol. The molecule has 0 bridgehead atoms. The van der Waals surface area contributed by atoms with Crippen LogP contribution in [0.2, 0.25) is 0 Å². The number of aliphatic hydroxyl groups is 1. The van der Waals surface area contributed by atoms with Gasteiger partial charge < -0.3 is 14.8 Å². The maximum atomic E-state index is 12.7. The molecule has 33 heavy (non-hydrogen) atoms. The molecule has 9 nitrogen and oxygen atoms in total. The first-order valence-electron chi connectivity index (χ1n) is 10.8. The highest BCUT2D eigenvalue weighted by molar-refractivity contribution is 5.89. The van der Waals surface area contributed by atoms with Crippen molar-refractivity contribution in [3.63, 3.8) is 0 Å². The van der Waals surface area contributed by atoms with Crippen molar-refractivity contribution in [2.24, 2.45) is 0 Å². The summed E-state index contributed by atoms with van der Waals surface area (Å²) in [5.41, 5.74) is 2.90. The second-order valence-electron chi connectivity index (χ2n) is 8.27. The van der Waals surface area contributed by atoms with Gasteiger partial charge >= 0.3 is 5.97 Å². The van der Waals surface area contributed by atoms with E-state index < -0.39 is 11.6 Å². The molecule has 4 rings (SSSR count). The smallest absolute Gasteiger partial charge is 0.359 e. The number of ether oxygens (including phenoxy) is 1. The van der Waals surface area contributed by atoms with Crippen LogP contribution in [0.15, 0.2) is 48.5 Å². The van der Waals surface area contributed by atoms with E-state index in [1.807, 2.05) is 55.5 Å². The number of imidazole rings is 1. The van der Waals surface area contributed by atoms with Gasteiger partial charge in [0.15, 0.2) is 5.69 Å². The zero-order valence-electron chi connectivity index (χ0n) is 18.8. The normalized spacial score (nSPS) is 11.5. The molecule has 0 aliphatic rings. The number of hydrogen-bond acceptors (Lipinski definition) is 7. The number of tetrazole rings is 1. The van der Waals surface area contributed by atoms with E-state index in [2.05, 4.69) is 30.6 Å². The molecular formula is C24H26N6O3. The van der Waals surface area contributed by atoms with Crippen LogP contribution in [-0.2, 0) is 23.4 Å². The number of benzene rings is 2. The largest absolute Gasteiger partial charge is 0.456 e. The monoisotopic (exact) mass is 446 g/mol. The third-order valence-electron chi connectivity index (χ3n) is 5.19. The SMILES string of the molecule is CCCc1nc(C(=O)OCc2ccc(-c3ccccc3-c3nn[nH]n3)cc2)c(C(C)(C)O)[nH]1. The summed E-state index contributed by atoms with van der Waals surface area (Å²) in [6.07, 6.45) is 1.55. The second-order valence-corrected chi connectivity index (χ2v) is 8.27. The van der Waals surface area contributed by atoms with Gasteiger partial charge in [0.1, 0.15) is 18.0 Å². The molecule has 0 spiro atoms. The highest BCUT2D eigenvalue weighted by Gasteiger charge is 2.29. The van der Waals surface area contributed by atoms with Gasteiger partial charge in [-0.15, -0.1) is 10.2 Å². The Hall–Kier alpha value is -3.85. The number of carbonyl (C=O) groups excluding carboxylic acids is 1. The Balaban J connectivity index is 1.49. The van der Waals surface area contributed by atoms with Crippen LogP contribution in [0.1, 0.15) is 54.8 Å². The zero-order valence-corrected chi connectivity index (χ0v) is 18.8. The molecule has 9 heteroatoms. The molecule has 2 aromatic carbocycles. The van der Waals surface area contributed by atoms with Gasteiger partial charge in [0.2, 0.25) is 5.82 Å². The van der Waals surface area contributed by atoms with Crippen molar-refractivity contribution in [1.82, 2.24) is 30.6 Å². The Morgan fingerprint density at radius 1 is 1.09 bits per heavy atom. The standard InChI is InChI=1S/C24H26N6O3/c1-4-7-19-25-20(21(26-19)24(2,3)32)23(31)33-14-15-10-12-16(13-11-15)17-8-5-6-9-18(17)22-27-29-30-28-22/h5-6,8-13,32H,4,7,14H2,1-3H3,(H,25,26)(H,27,28,29,30). The summed E-state index contributed by atoms with van der Waals surface area (Å²) in [7, 11) is 0. The van der Waals surface area contributed by atoms with Crippen LogP contribution in [0.25, 0.3) is 22.5 Å². The van der Waals surface area contributed by atoms with Gasteiger partial charge in [-0.2, -0.15) is 5.21 Å². The molecule has 170 valence electrons. The van der Waals surface area contributed by atoms with Crippen molar-refractivity contribution in [3.8, 4) is 22.5 Å². The molecule has 0 fully saturated rings. The fourth-order valence-electron chi connectivity index (χ4n) is 3.57. The lowest BCUT2D eigenvalue weighted by Crippen LogP contribution is -2.21. The Labute approximate surface area is 191 Å². The summed E-state index contributed by atoms with van der Waals surface area (Å²) in [5, 5.41) is 24.7. The predicted octanol–water partition coefficient (Wildman–Crippen LogP) is 3.79. The van der Waals surface area contributed by atoms with Gasteiger partial charge in [-0.25, -0.2) is 9.78 Å². The van der Waals surface area contributed by atoms with Crippen LogP contribution < -0.4 is 0 Å². The highest BCUT2D eigenvalue weighted by atomic mass is 16.5. The predicted molar refractivity (Wildman–Crippen MR) is 122 cm³/mol. The molecule has 0 aliphatic carbocycles. The van der Waals surface area contributed by atoms with Gasteiger partial charge in [-0.3, -0.25) is 0 Å². The van der Waals surface area contributed by atoms with E-state index >= 15 is 0 Å². The van der Waals surface area contributed by atoms with Gasteiger partial charge in [-0.05, 0) is 42.2 Å². The number of aromatic amines is 2. The van der Waals surface area contributed by atoms with Crippen molar-refractivity contribution in [2.75, 3.05) is 0 Å². The molecule has 2 heterocycles. The van der Waals surface area contributed by atoms with Crippen molar-refractivity contribution in [2.45, 2.75) is 45.8 Å².